The predicted molar refractivity (Wildman–Crippen MR) is 68.4 cm³/mol. The molecule has 5 nitrogen and oxygen atoms in total. The van der Waals surface area contributed by atoms with Crippen LogP contribution in [0.3, 0.4) is 0 Å². The van der Waals surface area contributed by atoms with Crippen molar-refractivity contribution in [3.05, 3.63) is 47.5 Å². The first-order chi connectivity index (χ1) is 8.75. The van der Waals surface area contributed by atoms with Gasteiger partial charge in [0.15, 0.2) is 0 Å². The number of rotatable bonds is 3. The minimum absolute atomic E-state index is 0.618. The van der Waals surface area contributed by atoms with E-state index in [2.05, 4.69) is 21.2 Å². The SMILES string of the molecule is Cn1cnnc1CCN1Cc2ccccc2C1=N. The Kier molecular flexibility index (Phi) is 2.59. The van der Waals surface area contributed by atoms with Gasteiger partial charge in [0.05, 0.1) is 0 Å². The Labute approximate surface area is 106 Å². The molecule has 0 spiro atoms. The third-order valence-electron chi connectivity index (χ3n) is 3.36. The van der Waals surface area contributed by atoms with Crippen LogP contribution in [0, 0.1) is 5.41 Å². The first-order valence-corrected chi connectivity index (χ1v) is 6.00. The molecule has 0 unspecified atom stereocenters. The maximum atomic E-state index is 8.15. The molecule has 0 atom stereocenters. The Morgan fingerprint density at radius 2 is 2.17 bits per heavy atom. The molecule has 0 fully saturated rings. The van der Waals surface area contributed by atoms with Crippen molar-refractivity contribution >= 4 is 5.84 Å². The summed E-state index contributed by atoms with van der Waals surface area (Å²) in [7, 11) is 1.94. The summed E-state index contributed by atoms with van der Waals surface area (Å²) in [5.74, 6) is 1.58. The molecule has 0 saturated carbocycles. The Morgan fingerprint density at radius 1 is 1.33 bits per heavy atom. The van der Waals surface area contributed by atoms with Gasteiger partial charge in [-0.1, -0.05) is 24.3 Å². The summed E-state index contributed by atoms with van der Waals surface area (Å²) < 4.78 is 1.92. The zero-order chi connectivity index (χ0) is 12.5. The van der Waals surface area contributed by atoms with Crippen LogP contribution in [0.4, 0.5) is 0 Å². The molecule has 1 aromatic carbocycles. The molecule has 3 rings (SSSR count). The van der Waals surface area contributed by atoms with Crippen molar-refractivity contribution in [2.75, 3.05) is 6.54 Å². The quantitative estimate of drug-likeness (QED) is 0.878. The van der Waals surface area contributed by atoms with Crippen molar-refractivity contribution in [2.45, 2.75) is 13.0 Å². The minimum Gasteiger partial charge on any atom is -0.352 e. The van der Waals surface area contributed by atoms with E-state index in [0.717, 1.165) is 30.9 Å². The average Bonchev–Trinajstić information content (AvgIpc) is 2.92. The lowest BCUT2D eigenvalue weighted by Gasteiger charge is -2.17. The monoisotopic (exact) mass is 241 g/mol. The van der Waals surface area contributed by atoms with Crippen LogP contribution in [0.15, 0.2) is 30.6 Å². The van der Waals surface area contributed by atoms with Gasteiger partial charge < -0.3 is 9.47 Å². The number of benzene rings is 1. The summed E-state index contributed by atoms with van der Waals surface area (Å²) in [6.07, 6.45) is 2.52. The highest BCUT2D eigenvalue weighted by molar-refractivity contribution is 6.00. The van der Waals surface area contributed by atoms with Gasteiger partial charge in [0, 0.05) is 32.1 Å². The van der Waals surface area contributed by atoms with Crippen molar-refractivity contribution < 1.29 is 0 Å². The van der Waals surface area contributed by atoms with Crippen LogP contribution in [-0.2, 0) is 20.0 Å². The average molecular weight is 241 g/mol. The maximum absolute atomic E-state index is 8.15. The van der Waals surface area contributed by atoms with Crippen molar-refractivity contribution in [1.82, 2.24) is 19.7 Å². The molecule has 0 aliphatic carbocycles. The van der Waals surface area contributed by atoms with Crippen LogP contribution in [0.25, 0.3) is 0 Å². The first kappa shape index (κ1) is 11.0. The van der Waals surface area contributed by atoms with Crippen LogP contribution in [0.5, 0.6) is 0 Å². The molecule has 1 aliphatic rings. The Balaban J connectivity index is 1.70. The lowest BCUT2D eigenvalue weighted by Crippen LogP contribution is -2.27. The third kappa shape index (κ3) is 1.77. The van der Waals surface area contributed by atoms with Gasteiger partial charge in [0.25, 0.3) is 0 Å². The molecule has 1 aromatic heterocycles. The number of hydrogen-bond acceptors (Lipinski definition) is 3. The maximum Gasteiger partial charge on any atom is 0.134 e. The number of nitrogens with one attached hydrogen (secondary N) is 1. The van der Waals surface area contributed by atoms with Crippen molar-refractivity contribution in [3.63, 3.8) is 0 Å². The molecule has 18 heavy (non-hydrogen) atoms. The molecule has 2 aromatic rings. The first-order valence-electron chi connectivity index (χ1n) is 6.00. The van der Waals surface area contributed by atoms with Crippen LogP contribution in [-0.4, -0.2) is 32.0 Å². The van der Waals surface area contributed by atoms with Gasteiger partial charge in [-0.05, 0) is 5.56 Å². The van der Waals surface area contributed by atoms with E-state index in [-0.39, 0.29) is 0 Å². The predicted octanol–water partition coefficient (Wildman–Crippen LogP) is 1.20. The molecule has 1 aliphatic heterocycles. The topological polar surface area (TPSA) is 57.8 Å². The van der Waals surface area contributed by atoms with Crippen molar-refractivity contribution in [3.8, 4) is 0 Å². The molecule has 5 heteroatoms. The van der Waals surface area contributed by atoms with Gasteiger partial charge in [0.1, 0.15) is 18.0 Å². The fourth-order valence-electron chi connectivity index (χ4n) is 2.30. The van der Waals surface area contributed by atoms with E-state index in [1.165, 1.54) is 5.56 Å². The van der Waals surface area contributed by atoms with E-state index >= 15 is 0 Å². The molecule has 0 amide bonds. The number of amidine groups is 1. The number of aryl methyl sites for hydroxylation is 1. The lowest BCUT2D eigenvalue weighted by atomic mass is 10.1. The number of fused-ring (bicyclic) bond motifs is 1. The van der Waals surface area contributed by atoms with E-state index in [9.17, 15) is 0 Å². The van der Waals surface area contributed by atoms with Crippen LogP contribution in [0.2, 0.25) is 0 Å². The molecular weight excluding hydrogens is 226 g/mol. The van der Waals surface area contributed by atoms with Gasteiger partial charge in [-0.15, -0.1) is 10.2 Å². The fraction of sp³-hybridized carbons (Fsp3) is 0.308. The Hall–Kier alpha value is -2.17. The van der Waals surface area contributed by atoms with Crippen molar-refractivity contribution in [1.29, 1.82) is 5.41 Å². The molecule has 0 saturated heterocycles. The molecule has 0 bridgehead atoms. The second-order valence-corrected chi connectivity index (χ2v) is 4.54. The highest BCUT2D eigenvalue weighted by Crippen LogP contribution is 2.22. The van der Waals surface area contributed by atoms with E-state index in [4.69, 9.17) is 5.41 Å². The lowest BCUT2D eigenvalue weighted by molar-refractivity contribution is 0.425. The number of hydrogen-bond donors (Lipinski definition) is 1. The summed E-state index contributed by atoms with van der Waals surface area (Å²) in [6, 6.07) is 8.12. The summed E-state index contributed by atoms with van der Waals surface area (Å²) in [6.45, 7) is 1.63. The summed E-state index contributed by atoms with van der Waals surface area (Å²) >= 11 is 0. The highest BCUT2D eigenvalue weighted by atomic mass is 15.3. The minimum atomic E-state index is 0.618. The Bertz CT molecular complexity index is 587. The van der Waals surface area contributed by atoms with Gasteiger partial charge in [0.2, 0.25) is 0 Å². The zero-order valence-electron chi connectivity index (χ0n) is 10.3. The van der Waals surface area contributed by atoms with E-state index < -0.39 is 0 Å². The standard InChI is InChI=1S/C13H15N5/c1-17-9-15-16-12(17)6-7-18-8-10-4-2-3-5-11(10)13(18)14/h2-5,9,14H,6-8H2,1H3. The van der Waals surface area contributed by atoms with Crippen LogP contribution < -0.4 is 0 Å². The van der Waals surface area contributed by atoms with Gasteiger partial charge >= 0.3 is 0 Å². The van der Waals surface area contributed by atoms with Gasteiger partial charge in [-0.3, -0.25) is 5.41 Å². The second-order valence-electron chi connectivity index (χ2n) is 4.54. The second kappa shape index (κ2) is 4.25. The van der Waals surface area contributed by atoms with Crippen LogP contribution >= 0.6 is 0 Å². The summed E-state index contributed by atoms with van der Waals surface area (Å²) in [5.41, 5.74) is 2.29. The Morgan fingerprint density at radius 3 is 2.89 bits per heavy atom. The summed E-state index contributed by atoms with van der Waals surface area (Å²) in [4.78, 5) is 2.08. The number of aromatic nitrogens is 3. The fourth-order valence-corrected chi connectivity index (χ4v) is 2.30. The normalized spacial score (nSPS) is 14.1. The molecular formula is C13H15N5. The van der Waals surface area contributed by atoms with Crippen LogP contribution in [0.1, 0.15) is 17.0 Å². The molecule has 0 radical (unpaired) electrons. The largest absolute Gasteiger partial charge is 0.352 e. The molecule has 92 valence electrons. The third-order valence-corrected chi connectivity index (χ3v) is 3.36. The van der Waals surface area contributed by atoms with Gasteiger partial charge in [-0.25, -0.2) is 0 Å². The van der Waals surface area contributed by atoms with Crippen molar-refractivity contribution in [2.24, 2.45) is 7.05 Å². The van der Waals surface area contributed by atoms with E-state index in [1.54, 1.807) is 6.33 Å². The summed E-state index contributed by atoms with van der Waals surface area (Å²) in [5, 5.41) is 16.1. The van der Waals surface area contributed by atoms with Gasteiger partial charge in [-0.2, -0.15) is 0 Å². The van der Waals surface area contributed by atoms with E-state index in [0.29, 0.717) is 5.84 Å². The molecule has 1 N–H and O–H groups in total. The highest BCUT2D eigenvalue weighted by Gasteiger charge is 2.23. The number of nitrogens with zero attached hydrogens (tertiary/aromatic N) is 4. The smallest absolute Gasteiger partial charge is 0.134 e. The molecule has 2 heterocycles. The van der Waals surface area contributed by atoms with E-state index in [1.807, 2.05) is 29.8 Å². The zero-order valence-corrected chi connectivity index (χ0v) is 10.3.